The van der Waals surface area contributed by atoms with Gasteiger partial charge in [-0.05, 0) is 38.3 Å². The van der Waals surface area contributed by atoms with Crippen LogP contribution in [0.25, 0.3) is 0 Å². The Morgan fingerprint density at radius 2 is 2.20 bits per heavy atom. The Morgan fingerprint density at radius 3 is 2.85 bits per heavy atom. The third kappa shape index (κ3) is 3.02. The fraction of sp³-hybridized carbons (Fsp3) is 0.562. The second-order valence-electron chi connectivity index (χ2n) is 5.57. The number of hydrogen-bond acceptors (Lipinski definition) is 3. The number of rotatable bonds is 5. The fourth-order valence-electron chi connectivity index (χ4n) is 2.84. The first-order valence-corrected chi connectivity index (χ1v) is 7.15. The Kier molecular flexibility index (Phi) is 4.78. The summed E-state index contributed by atoms with van der Waals surface area (Å²) < 4.78 is 5.13. The molecule has 2 atom stereocenters. The number of carbonyl (C=O) groups excluding carboxylic acids is 1. The van der Waals surface area contributed by atoms with Crippen LogP contribution in [0.2, 0.25) is 0 Å². The summed E-state index contributed by atoms with van der Waals surface area (Å²) in [5.74, 6) is 0.165. The highest BCUT2D eigenvalue weighted by Crippen LogP contribution is 2.28. The molecule has 1 aromatic rings. The lowest BCUT2D eigenvalue weighted by molar-refractivity contribution is -0.130. The predicted molar refractivity (Wildman–Crippen MR) is 79.5 cm³/mol. The van der Waals surface area contributed by atoms with Gasteiger partial charge in [0.1, 0.15) is 6.17 Å². The molecule has 1 amide bonds. The summed E-state index contributed by atoms with van der Waals surface area (Å²) >= 11 is 0. The zero-order valence-electron chi connectivity index (χ0n) is 12.8. The normalized spacial score (nSPS) is 20.5. The van der Waals surface area contributed by atoms with Crippen LogP contribution in [0.4, 0.5) is 0 Å². The zero-order valence-corrected chi connectivity index (χ0v) is 12.8. The van der Waals surface area contributed by atoms with Crippen LogP contribution in [-0.2, 0) is 9.53 Å². The molecule has 0 radical (unpaired) electrons. The third-order valence-electron chi connectivity index (χ3n) is 3.95. The summed E-state index contributed by atoms with van der Waals surface area (Å²) in [5.41, 5.74) is 3.65. The summed E-state index contributed by atoms with van der Waals surface area (Å²) in [6, 6.07) is 6.56. The first kappa shape index (κ1) is 15.0. The number of aryl methyl sites for hydroxylation is 2. The third-order valence-corrected chi connectivity index (χ3v) is 3.95. The van der Waals surface area contributed by atoms with Crippen LogP contribution in [-0.4, -0.2) is 37.1 Å². The Balaban J connectivity index is 2.23. The average molecular weight is 276 g/mol. The summed E-state index contributed by atoms with van der Waals surface area (Å²) in [7, 11) is 1.69. The minimum Gasteiger partial charge on any atom is -0.385 e. The van der Waals surface area contributed by atoms with Crippen molar-refractivity contribution in [1.29, 1.82) is 0 Å². The maximum Gasteiger partial charge on any atom is 0.238 e. The van der Waals surface area contributed by atoms with Crippen LogP contribution in [0, 0.1) is 13.8 Å². The van der Waals surface area contributed by atoms with Gasteiger partial charge in [0.25, 0.3) is 0 Å². The molecule has 4 nitrogen and oxygen atoms in total. The van der Waals surface area contributed by atoms with Crippen LogP contribution in [0.3, 0.4) is 0 Å². The van der Waals surface area contributed by atoms with Crippen molar-refractivity contribution in [2.45, 2.75) is 39.4 Å². The number of amides is 1. The number of methoxy groups -OCH3 is 1. The smallest absolute Gasteiger partial charge is 0.238 e. The quantitative estimate of drug-likeness (QED) is 0.896. The van der Waals surface area contributed by atoms with E-state index in [1.165, 1.54) is 16.7 Å². The van der Waals surface area contributed by atoms with Gasteiger partial charge in [0.05, 0.1) is 6.54 Å². The molecular weight excluding hydrogens is 252 g/mol. The molecule has 1 fully saturated rings. The van der Waals surface area contributed by atoms with Crippen LogP contribution in [0.5, 0.6) is 0 Å². The van der Waals surface area contributed by atoms with Crippen molar-refractivity contribution < 1.29 is 9.53 Å². The number of ether oxygens (including phenoxy) is 1. The van der Waals surface area contributed by atoms with E-state index < -0.39 is 0 Å². The van der Waals surface area contributed by atoms with Gasteiger partial charge >= 0.3 is 0 Å². The largest absolute Gasteiger partial charge is 0.385 e. The monoisotopic (exact) mass is 276 g/mol. The van der Waals surface area contributed by atoms with Crippen molar-refractivity contribution in [1.82, 2.24) is 10.2 Å². The fourth-order valence-corrected chi connectivity index (χ4v) is 2.84. The van der Waals surface area contributed by atoms with Gasteiger partial charge in [-0.25, -0.2) is 0 Å². The van der Waals surface area contributed by atoms with Gasteiger partial charge in [-0.2, -0.15) is 0 Å². The number of benzene rings is 1. The first-order valence-electron chi connectivity index (χ1n) is 7.15. The van der Waals surface area contributed by atoms with Gasteiger partial charge in [-0.3, -0.25) is 10.1 Å². The number of nitrogens with zero attached hydrogens (tertiary/aromatic N) is 1. The Bertz CT molecular complexity index is 487. The lowest BCUT2D eigenvalue weighted by atomic mass is 10.0. The Hall–Kier alpha value is -1.39. The Labute approximate surface area is 121 Å². The molecule has 1 heterocycles. The molecule has 1 aliphatic heterocycles. The molecule has 0 saturated carbocycles. The molecule has 4 heteroatoms. The molecule has 1 saturated heterocycles. The van der Waals surface area contributed by atoms with E-state index >= 15 is 0 Å². The van der Waals surface area contributed by atoms with Gasteiger partial charge in [-0.15, -0.1) is 0 Å². The molecule has 110 valence electrons. The van der Waals surface area contributed by atoms with E-state index in [1.54, 1.807) is 7.11 Å². The molecule has 20 heavy (non-hydrogen) atoms. The summed E-state index contributed by atoms with van der Waals surface area (Å²) in [6.45, 7) is 7.36. The van der Waals surface area contributed by atoms with Gasteiger partial charge in [0.2, 0.25) is 5.91 Å². The lowest BCUT2D eigenvalue weighted by Crippen LogP contribution is -2.38. The standard InChI is InChI=1S/C16H24N2O2/c1-11-5-6-14(12(2)9-11)16-17-10-15(19)18(16)13(3)7-8-20-4/h5-6,9,13,16-17H,7-8,10H2,1-4H3. The summed E-state index contributed by atoms with van der Waals surface area (Å²) in [6.07, 6.45) is 0.834. The highest BCUT2D eigenvalue weighted by atomic mass is 16.5. The van der Waals surface area contributed by atoms with Crippen molar-refractivity contribution in [3.05, 3.63) is 34.9 Å². The van der Waals surface area contributed by atoms with Crippen molar-refractivity contribution in [2.75, 3.05) is 20.3 Å². The van der Waals surface area contributed by atoms with Crippen molar-refractivity contribution in [2.24, 2.45) is 0 Å². The van der Waals surface area contributed by atoms with Crippen LogP contribution >= 0.6 is 0 Å². The SMILES string of the molecule is COCCC(C)N1C(=O)CNC1c1ccc(C)cc1C. The maximum absolute atomic E-state index is 12.2. The van der Waals surface area contributed by atoms with Gasteiger partial charge in [0, 0.05) is 19.8 Å². The molecule has 1 aliphatic rings. The van der Waals surface area contributed by atoms with Crippen molar-refractivity contribution >= 4 is 5.91 Å². The van der Waals surface area contributed by atoms with Crippen LogP contribution < -0.4 is 5.32 Å². The van der Waals surface area contributed by atoms with E-state index in [4.69, 9.17) is 4.74 Å². The molecule has 1 N–H and O–H groups in total. The topological polar surface area (TPSA) is 41.6 Å². The zero-order chi connectivity index (χ0) is 14.7. The minimum atomic E-state index is -0.0186. The first-order chi connectivity index (χ1) is 9.54. The van der Waals surface area contributed by atoms with Gasteiger partial charge in [0.15, 0.2) is 0 Å². The van der Waals surface area contributed by atoms with E-state index in [0.29, 0.717) is 13.2 Å². The van der Waals surface area contributed by atoms with E-state index in [1.807, 2.05) is 4.90 Å². The molecule has 1 aromatic carbocycles. The Morgan fingerprint density at radius 1 is 1.45 bits per heavy atom. The second kappa shape index (κ2) is 6.37. The molecule has 2 unspecified atom stereocenters. The average Bonchev–Trinajstić information content (AvgIpc) is 2.78. The number of carbonyl (C=O) groups is 1. The number of nitrogens with one attached hydrogen (secondary N) is 1. The molecule has 0 aromatic heterocycles. The molecular formula is C16H24N2O2. The van der Waals surface area contributed by atoms with Crippen molar-refractivity contribution in [3.63, 3.8) is 0 Å². The molecule has 0 bridgehead atoms. The number of hydrogen-bond donors (Lipinski definition) is 1. The lowest BCUT2D eigenvalue weighted by Gasteiger charge is -2.31. The van der Waals surface area contributed by atoms with E-state index in [-0.39, 0.29) is 18.1 Å². The van der Waals surface area contributed by atoms with Crippen LogP contribution in [0.1, 0.15) is 36.2 Å². The summed E-state index contributed by atoms with van der Waals surface area (Å²) in [4.78, 5) is 14.1. The maximum atomic E-state index is 12.2. The summed E-state index contributed by atoms with van der Waals surface area (Å²) in [5, 5.41) is 3.33. The van der Waals surface area contributed by atoms with Crippen molar-refractivity contribution in [3.8, 4) is 0 Å². The molecule has 2 rings (SSSR count). The van der Waals surface area contributed by atoms with E-state index in [9.17, 15) is 4.79 Å². The minimum absolute atomic E-state index is 0.0186. The van der Waals surface area contributed by atoms with E-state index in [0.717, 1.165) is 6.42 Å². The van der Waals surface area contributed by atoms with E-state index in [2.05, 4.69) is 44.3 Å². The molecule has 0 spiro atoms. The highest BCUT2D eigenvalue weighted by molar-refractivity contribution is 5.81. The second-order valence-corrected chi connectivity index (χ2v) is 5.57. The van der Waals surface area contributed by atoms with Crippen LogP contribution in [0.15, 0.2) is 18.2 Å². The van der Waals surface area contributed by atoms with Gasteiger partial charge < -0.3 is 9.64 Å². The molecule has 0 aliphatic carbocycles. The van der Waals surface area contributed by atoms with Gasteiger partial charge in [-0.1, -0.05) is 23.8 Å². The predicted octanol–water partition coefficient (Wildman–Crippen LogP) is 2.16. The highest BCUT2D eigenvalue weighted by Gasteiger charge is 2.35.